The first-order valence-electron chi connectivity index (χ1n) is 4.36. The minimum absolute atomic E-state index is 0.0508. The molecule has 0 aromatic carbocycles. The van der Waals surface area contributed by atoms with Gasteiger partial charge in [0.2, 0.25) is 0 Å². The standard InChI is InChI=1S/C8H11Cl2N3O2/c9-1-3-15-4-2-11-7-6(10)8(14)13-5-12-7/h5H,1-4H2,(H2,11,12,13,14). The highest BCUT2D eigenvalue weighted by molar-refractivity contribution is 6.32. The van der Waals surface area contributed by atoms with Crippen LogP contribution in [0, 0.1) is 0 Å². The third-order valence-electron chi connectivity index (χ3n) is 1.56. The van der Waals surface area contributed by atoms with Gasteiger partial charge in [-0.05, 0) is 0 Å². The molecule has 1 aromatic rings. The van der Waals surface area contributed by atoms with Crippen molar-refractivity contribution in [2.45, 2.75) is 0 Å². The molecule has 0 fully saturated rings. The van der Waals surface area contributed by atoms with Crippen LogP contribution in [0.15, 0.2) is 11.1 Å². The van der Waals surface area contributed by atoms with Crippen LogP contribution in [0.1, 0.15) is 0 Å². The zero-order chi connectivity index (χ0) is 11.1. The number of rotatable bonds is 6. The molecule has 0 amide bonds. The number of anilines is 1. The fourth-order valence-corrected chi connectivity index (χ4v) is 1.18. The minimum atomic E-state index is -0.365. The molecule has 0 aliphatic heterocycles. The zero-order valence-electron chi connectivity index (χ0n) is 7.93. The lowest BCUT2D eigenvalue weighted by Gasteiger charge is -2.06. The Morgan fingerprint density at radius 1 is 1.53 bits per heavy atom. The molecule has 0 unspecified atom stereocenters. The van der Waals surface area contributed by atoms with Gasteiger partial charge in [0.15, 0.2) is 5.82 Å². The first-order chi connectivity index (χ1) is 7.25. The Kier molecular flexibility index (Phi) is 5.45. The zero-order valence-corrected chi connectivity index (χ0v) is 9.44. The number of alkyl halides is 1. The number of nitrogens with zero attached hydrogens (tertiary/aromatic N) is 1. The summed E-state index contributed by atoms with van der Waals surface area (Å²) in [7, 11) is 0. The van der Waals surface area contributed by atoms with Crippen molar-refractivity contribution in [2.24, 2.45) is 0 Å². The van der Waals surface area contributed by atoms with E-state index in [0.717, 1.165) is 0 Å². The molecular weight excluding hydrogens is 241 g/mol. The Morgan fingerprint density at radius 3 is 3.07 bits per heavy atom. The lowest BCUT2D eigenvalue weighted by molar-refractivity contribution is 0.160. The third kappa shape index (κ3) is 4.07. The van der Waals surface area contributed by atoms with E-state index in [0.29, 0.717) is 31.5 Å². The van der Waals surface area contributed by atoms with Gasteiger partial charge in [0.05, 0.1) is 19.5 Å². The van der Waals surface area contributed by atoms with E-state index in [4.69, 9.17) is 27.9 Å². The van der Waals surface area contributed by atoms with Crippen molar-refractivity contribution in [3.63, 3.8) is 0 Å². The summed E-state index contributed by atoms with van der Waals surface area (Å²) >= 11 is 11.1. The number of aromatic nitrogens is 2. The van der Waals surface area contributed by atoms with Crippen LogP contribution < -0.4 is 10.9 Å². The molecule has 0 radical (unpaired) electrons. The van der Waals surface area contributed by atoms with Gasteiger partial charge >= 0.3 is 0 Å². The molecule has 0 aliphatic carbocycles. The smallest absolute Gasteiger partial charge is 0.271 e. The highest BCUT2D eigenvalue weighted by Crippen LogP contribution is 2.10. The van der Waals surface area contributed by atoms with E-state index >= 15 is 0 Å². The van der Waals surface area contributed by atoms with E-state index in [1.165, 1.54) is 6.33 Å². The second kappa shape index (κ2) is 6.66. The monoisotopic (exact) mass is 251 g/mol. The van der Waals surface area contributed by atoms with Crippen molar-refractivity contribution in [3.05, 3.63) is 21.7 Å². The van der Waals surface area contributed by atoms with Crippen LogP contribution in [0.25, 0.3) is 0 Å². The van der Waals surface area contributed by atoms with Gasteiger partial charge in [-0.15, -0.1) is 11.6 Å². The molecule has 0 aliphatic rings. The molecule has 7 heteroatoms. The van der Waals surface area contributed by atoms with Gasteiger partial charge in [0, 0.05) is 12.4 Å². The largest absolute Gasteiger partial charge is 0.378 e. The fraction of sp³-hybridized carbons (Fsp3) is 0.500. The Hall–Kier alpha value is -0.780. The number of nitrogens with one attached hydrogen (secondary N) is 2. The van der Waals surface area contributed by atoms with E-state index in [-0.39, 0.29) is 10.6 Å². The van der Waals surface area contributed by atoms with Crippen LogP contribution in [0.2, 0.25) is 5.02 Å². The van der Waals surface area contributed by atoms with Crippen molar-refractivity contribution < 1.29 is 4.74 Å². The van der Waals surface area contributed by atoms with E-state index in [9.17, 15) is 4.79 Å². The predicted molar refractivity (Wildman–Crippen MR) is 59.9 cm³/mol. The quantitative estimate of drug-likeness (QED) is 0.587. The Labute approximate surface area is 96.8 Å². The van der Waals surface area contributed by atoms with E-state index < -0.39 is 0 Å². The molecule has 5 nitrogen and oxygen atoms in total. The van der Waals surface area contributed by atoms with Crippen LogP contribution in [-0.2, 0) is 4.74 Å². The number of hydrogen-bond acceptors (Lipinski definition) is 4. The molecule has 84 valence electrons. The van der Waals surface area contributed by atoms with Crippen molar-refractivity contribution >= 4 is 29.0 Å². The van der Waals surface area contributed by atoms with E-state index in [2.05, 4.69) is 15.3 Å². The first-order valence-corrected chi connectivity index (χ1v) is 5.27. The average molecular weight is 252 g/mol. The highest BCUT2D eigenvalue weighted by atomic mass is 35.5. The van der Waals surface area contributed by atoms with Crippen molar-refractivity contribution in [1.29, 1.82) is 0 Å². The maximum atomic E-state index is 11.1. The van der Waals surface area contributed by atoms with Gasteiger partial charge in [-0.3, -0.25) is 4.79 Å². The summed E-state index contributed by atoms with van der Waals surface area (Å²) in [6.07, 6.45) is 1.29. The molecule has 0 saturated carbocycles. The summed E-state index contributed by atoms with van der Waals surface area (Å²) in [5.41, 5.74) is -0.365. The summed E-state index contributed by atoms with van der Waals surface area (Å²) in [4.78, 5) is 17.3. The molecule has 2 N–H and O–H groups in total. The third-order valence-corrected chi connectivity index (χ3v) is 2.06. The minimum Gasteiger partial charge on any atom is -0.378 e. The van der Waals surface area contributed by atoms with Gasteiger partial charge < -0.3 is 15.0 Å². The summed E-state index contributed by atoms with van der Waals surface area (Å²) in [5.74, 6) is 0.819. The Bertz CT molecular complexity index is 356. The maximum absolute atomic E-state index is 11.1. The highest BCUT2D eigenvalue weighted by Gasteiger charge is 2.03. The molecular formula is C8H11Cl2N3O2. The second-order valence-electron chi connectivity index (χ2n) is 2.62. The molecule has 1 heterocycles. The summed E-state index contributed by atoms with van der Waals surface area (Å²) in [5, 5.41) is 2.93. The molecule has 1 aromatic heterocycles. The van der Waals surface area contributed by atoms with Crippen molar-refractivity contribution in [3.8, 4) is 0 Å². The molecule has 15 heavy (non-hydrogen) atoms. The molecule has 0 bridgehead atoms. The number of ether oxygens (including phenoxy) is 1. The summed E-state index contributed by atoms with van der Waals surface area (Å²) in [6, 6.07) is 0. The lowest BCUT2D eigenvalue weighted by atomic mass is 10.5. The maximum Gasteiger partial charge on any atom is 0.271 e. The lowest BCUT2D eigenvalue weighted by Crippen LogP contribution is -2.15. The van der Waals surface area contributed by atoms with E-state index in [1.807, 2.05) is 0 Å². The molecule has 0 atom stereocenters. The van der Waals surface area contributed by atoms with Gasteiger partial charge in [0.1, 0.15) is 5.02 Å². The average Bonchev–Trinajstić information content (AvgIpc) is 2.24. The SMILES string of the molecule is O=c1[nH]cnc(NCCOCCCl)c1Cl. The van der Waals surface area contributed by atoms with Crippen molar-refractivity contribution in [2.75, 3.05) is 31.0 Å². The van der Waals surface area contributed by atoms with Crippen LogP contribution in [-0.4, -0.2) is 35.6 Å². The summed E-state index contributed by atoms with van der Waals surface area (Å²) in [6.45, 7) is 1.50. The van der Waals surface area contributed by atoms with E-state index in [1.54, 1.807) is 0 Å². The Balaban J connectivity index is 2.38. The normalized spacial score (nSPS) is 10.3. The molecule has 0 saturated heterocycles. The summed E-state index contributed by atoms with van der Waals surface area (Å²) < 4.78 is 5.12. The van der Waals surface area contributed by atoms with Gasteiger partial charge in [0.25, 0.3) is 5.56 Å². The fourth-order valence-electron chi connectivity index (χ4n) is 0.904. The predicted octanol–water partition coefficient (Wildman–Crippen LogP) is 1.09. The van der Waals surface area contributed by atoms with Crippen LogP contribution in [0.4, 0.5) is 5.82 Å². The van der Waals surface area contributed by atoms with Crippen LogP contribution in [0.3, 0.4) is 0 Å². The number of halogens is 2. The number of H-pyrrole nitrogens is 1. The van der Waals surface area contributed by atoms with Crippen LogP contribution in [0.5, 0.6) is 0 Å². The van der Waals surface area contributed by atoms with Crippen LogP contribution >= 0.6 is 23.2 Å². The molecule has 0 spiro atoms. The number of hydrogen-bond donors (Lipinski definition) is 2. The van der Waals surface area contributed by atoms with Gasteiger partial charge in [-0.25, -0.2) is 4.98 Å². The Morgan fingerprint density at radius 2 is 2.33 bits per heavy atom. The first kappa shape index (κ1) is 12.3. The molecule has 1 rings (SSSR count). The van der Waals surface area contributed by atoms with Crippen molar-refractivity contribution in [1.82, 2.24) is 9.97 Å². The van der Waals surface area contributed by atoms with Gasteiger partial charge in [-0.2, -0.15) is 0 Å². The number of aromatic amines is 1. The topological polar surface area (TPSA) is 67.0 Å². The van der Waals surface area contributed by atoms with Gasteiger partial charge in [-0.1, -0.05) is 11.6 Å². The second-order valence-corrected chi connectivity index (χ2v) is 3.38.